The Morgan fingerprint density at radius 2 is 2.18 bits per heavy atom. The third kappa shape index (κ3) is 3.01. The number of alkyl halides is 1. The van der Waals surface area contributed by atoms with Crippen molar-refractivity contribution in [2.45, 2.75) is 11.2 Å². The summed E-state index contributed by atoms with van der Waals surface area (Å²) in [6.07, 6.45) is 0.617. The second-order valence-corrected chi connectivity index (χ2v) is 7.85. The normalized spacial score (nSPS) is 24.8. The van der Waals surface area contributed by atoms with Crippen LogP contribution >= 0.6 is 27.5 Å². The molecule has 1 aromatic carbocycles. The lowest BCUT2D eigenvalue weighted by Gasteiger charge is -2.17. The van der Waals surface area contributed by atoms with E-state index in [1.807, 2.05) is 0 Å². The summed E-state index contributed by atoms with van der Waals surface area (Å²) in [5, 5.41) is 0.330. The van der Waals surface area contributed by atoms with E-state index in [2.05, 4.69) is 15.9 Å². The Kier molecular flexibility index (Phi) is 3.80. The largest absolute Gasteiger partial charge is 0.229 e. The summed E-state index contributed by atoms with van der Waals surface area (Å²) in [6, 6.07) is 4.18. The van der Waals surface area contributed by atoms with E-state index >= 15 is 0 Å². The molecule has 0 radical (unpaired) electrons. The molecular weight excluding hydrogens is 331 g/mol. The van der Waals surface area contributed by atoms with Crippen molar-refractivity contribution in [2.75, 3.05) is 11.5 Å². The van der Waals surface area contributed by atoms with Gasteiger partial charge in [0.15, 0.2) is 9.84 Å². The first kappa shape index (κ1) is 13.3. The first-order valence-corrected chi connectivity index (χ1v) is 8.30. The van der Waals surface area contributed by atoms with E-state index in [-0.39, 0.29) is 22.3 Å². The van der Waals surface area contributed by atoms with Crippen molar-refractivity contribution in [3.05, 3.63) is 34.6 Å². The van der Waals surface area contributed by atoms with Crippen LogP contribution in [-0.2, 0) is 9.84 Å². The summed E-state index contributed by atoms with van der Waals surface area (Å²) < 4.78 is 35.7. The zero-order chi connectivity index (χ0) is 12.6. The average Bonchev–Trinajstić information content (AvgIpc) is 2.58. The van der Waals surface area contributed by atoms with E-state index in [1.54, 1.807) is 6.07 Å². The van der Waals surface area contributed by atoms with Crippen molar-refractivity contribution in [2.24, 2.45) is 5.92 Å². The zero-order valence-corrected chi connectivity index (χ0v) is 12.0. The Hall–Kier alpha value is -0.130. The van der Waals surface area contributed by atoms with E-state index in [4.69, 9.17) is 11.6 Å². The van der Waals surface area contributed by atoms with Crippen molar-refractivity contribution in [1.29, 1.82) is 0 Å². The molecular formula is C11H11BrClFO2S. The molecule has 1 aliphatic rings. The Morgan fingerprint density at radius 3 is 2.71 bits per heavy atom. The molecule has 0 amide bonds. The van der Waals surface area contributed by atoms with Gasteiger partial charge in [-0.05, 0) is 30.0 Å². The first-order valence-electron chi connectivity index (χ1n) is 5.18. The molecule has 17 heavy (non-hydrogen) atoms. The van der Waals surface area contributed by atoms with Crippen LogP contribution in [-0.4, -0.2) is 19.9 Å². The number of hydrogen-bond acceptors (Lipinski definition) is 2. The maximum atomic E-state index is 12.9. The summed E-state index contributed by atoms with van der Waals surface area (Å²) in [5.41, 5.74) is 0.746. The average molecular weight is 342 g/mol. The van der Waals surface area contributed by atoms with Crippen molar-refractivity contribution in [3.8, 4) is 0 Å². The first-order chi connectivity index (χ1) is 7.89. The van der Waals surface area contributed by atoms with Gasteiger partial charge in [-0.15, -0.1) is 0 Å². The minimum absolute atomic E-state index is 0.00274. The van der Waals surface area contributed by atoms with Crippen LogP contribution in [0, 0.1) is 11.7 Å². The van der Waals surface area contributed by atoms with Gasteiger partial charge in [0.2, 0.25) is 0 Å². The molecule has 0 spiro atoms. The minimum Gasteiger partial charge on any atom is -0.229 e. The second-order valence-electron chi connectivity index (χ2n) is 4.23. The predicted molar refractivity (Wildman–Crippen MR) is 69.8 cm³/mol. The van der Waals surface area contributed by atoms with Crippen molar-refractivity contribution in [1.82, 2.24) is 0 Å². The van der Waals surface area contributed by atoms with Crippen LogP contribution in [0.25, 0.3) is 0 Å². The molecule has 0 aliphatic carbocycles. The highest BCUT2D eigenvalue weighted by molar-refractivity contribution is 9.09. The molecule has 2 rings (SSSR count). The number of halogens is 3. The molecule has 1 heterocycles. The van der Waals surface area contributed by atoms with Crippen molar-refractivity contribution in [3.63, 3.8) is 0 Å². The van der Waals surface area contributed by atoms with Gasteiger partial charge in [0, 0.05) is 9.85 Å². The highest BCUT2D eigenvalue weighted by Gasteiger charge is 2.33. The monoisotopic (exact) mass is 340 g/mol. The molecule has 2 unspecified atom stereocenters. The third-order valence-corrected chi connectivity index (χ3v) is 6.30. The molecule has 1 aromatic rings. The van der Waals surface area contributed by atoms with Gasteiger partial charge in [0.05, 0.1) is 11.5 Å². The molecule has 94 valence electrons. The summed E-state index contributed by atoms with van der Waals surface area (Å²) in [4.78, 5) is -0.145. The third-order valence-electron chi connectivity index (χ3n) is 2.94. The maximum absolute atomic E-state index is 12.9. The number of sulfone groups is 1. The molecule has 0 saturated carbocycles. The van der Waals surface area contributed by atoms with Gasteiger partial charge in [-0.1, -0.05) is 33.6 Å². The van der Waals surface area contributed by atoms with Gasteiger partial charge in [-0.2, -0.15) is 0 Å². The van der Waals surface area contributed by atoms with Gasteiger partial charge in [0.1, 0.15) is 5.82 Å². The maximum Gasteiger partial charge on any atom is 0.150 e. The molecule has 1 aliphatic heterocycles. The quantitative estimate of drug-likeness (QED) is 0.773. The van der Waals surface area contributed by atoms with Gasteiger partial charge in [-0.3, -0.25) is 0 Å². The molecule has 0 aromatic heterocycles. The predicted octanol–water partition coefficient (Wildman–Crippen LogP) is 3.35. The van der Waals surface area contributed by atoms with Gasteiger partial charge < -0.3 is 0 Å². The molecule has 6 heteroatoms. The summed E-state index contributed by atoms with van der Waals surface area (Å²) in [5.74, 6) is -0.00434. The summed E-state index contributed by atoms with van der Waals surface area (Å²) in [7, 11) is -2.92. The number of benzene rings is 1. The topological polar surface area (TPSA) is 34.1 Å². The van der Waals surface area contributed by atoms with Crippen LogP contribution in [0.3, 0.4) is 0 Å². The lowest BCUT2D eigenvalue weighted by molar-refractivity contribution is 0.577. The van der Waals surface area contributed by atoms with Crippen LogP contribution < -0.4 is 0 Å². The van der Waals surface area contributed by atoms with E-state index < -0.39 is 15.7 Å². The van der Waals surface area contributed by atoms with E-state index in [1.165, 1.54) is 12.1 Å². The van der Waals surface area contributed by atoms with Gasteiger partial charge in [-0.25, -0.2) is 12.8 Å². The molecule has 0 bridgehead atoms. The SMILES string of the molecule is O=S1(=O)CCC(C(Br)c2ccc(F)cc2Cl)C1. The Labute approximate surface area is 113 Å². The highest BCUT2D eigenvalue weighted by Crippen LogP contribution is 2.40. The summed E-state index contributed by atoms with van der Waals surface area (Å²) in [6.45, 7) is 0. The number of hydrogen-bond donors (Lipinski definition) is 0. The fourth-order valence-corrected chi connectivity index (χ4v) is 5.39. The highest BCUT2D eigenvalue weighted by atomic mass is 79.9. The molecule has 0 N–H and O–H groups in total. The van der Waals surface area contributed by atoms with Gasteiger partial charge in [0.25, 0.3) is 0 Å². The fourth-order valence-electron chi connectivity index (χ4n) is 2.03. The van der Waals surface area contributed by atoms with Crippen LogP contribution in [0.1, 0.15) is 16.8 Å². The Morgan fingerprint density at radius 1 is 1.47 bits per heavy atom. The minimum atomic E-state index is -2.92. The summed E-state index contributed by atoms with van der Waals surface area (Å²) >= 11 is 9.42. The van der Waals surface area contributed by atoms with Crippen molar-refractivity contribution < 1.29 is 12.8 Å². The van der Waals surface area contributed by atoms with Crippen molar-refractivity contribution >= 4 is 37.4 Å². The van der Waals surface area contributed by atoms with Crippen LogP contribution in [0.5, 0.6) is 0 Å². The standard InChI is InChI=1S/C11H11BrClFO2S/c12-11(7-3-4-17(15,16)6-7)9-2-1-8(14)5-10(9)13/h1-2,5,7,11H,3-4,6H2. The van der Waals surface area contributed by atoms with Crippen LogP contribution in [0.15, 0.2) is 18.2 Å². The lowest BCUT2D eigenvalue weighted by atomic mass is 9.99. The molecule has 1 fully saturated rings. The van der Waals surface area contributed by atoms with Crippen LogP contribution in [0.2, 0.25) is 5.02 Å². The number of rotatable bonds is 2. The second kappa shape index (κ2) is 4.86. The Bertz CT molecular complexity index is 532. The molecule has 2 atom stereocenters. The van der Waals surface area contributed by atoms with E-state index in [0.29, 0.717) is 11.4 Å². The van der Waals surface area contributed by atoms with E-state index in [9.17, 15) is 12.8 Å². The van der Waals surface area contributed by atoms with Crippen LogP contribution in [0.4, 0.5) is 4.39 Å². The molecule has 1 saturated heterocycles. The zero-order valence-electron chi connectivity index (χ0n) is 8.87. The lowest BCUT2D eigenvalue weighted by Crippen LogP contribution is -2.10. The smallest absolute Gasteiger partial charge is 0.150 e. The van der Waals surface area contributed by atoms with Gasteiger partial charge >= 0.3 is 0 Å². The molecule has 2 nitrogen and oxygen atoms in total. The van der Waals surface area contributed by atoms with E-state index in [0.717, 1.165) is 5.56 Å². The Balaban J connectivity index is 2.23. The fraction of sp³-hybridized carbons (Fsp3) is 0.455.